The number of aromatic nitrogens is 1. The van der Waals surface area contributed by atoms with Crippen molar-refractivity contribution < 1.29 is 10.0 Å². The Morgan fingerprint density at radius 2 is 2.22 bits per heavy atom. The smallest absolute Gasteiger partial charge is 0.328 e. The van der Waals surface area contributed by atoms with Crippen LogP contribution >= 0.6 is 0 Å². The average Bonchev–Trinajstić information content (AvgIpc) is 2.90. The number of nitrogens with one attached hydrogen (secondary N) is 1. The summed E-state index contributed by atoms with van der Waals surface area (Å²) in [5, 5.41) is 33.9. The lowest BCUT2D eigenvalue weighted by molar-refractivity contribution is -0.384. The normalized spacial score (nSPS) is 19.0. The van der Waals surface area contributed by atoms with Gasteiger partial charge in [0.15, 0.2) is 0 Å². The molecule has 1 aromatic carbocycles. The van der Waals surface area contributed by atoms with Crippen molar-refractivity contribution in [1.82, 2.24) is 4.98 Å². The van der Waals surface area contributed by atoms with Crippen LogP contribution in [-0.2, 0) is 12.0 Å². The number of nitro groups is 1. The second-order valence-electron chi connectivity index (χ2n) is 5.47. The third-order valence-electron chi connectivity index (χ3n) is 4.10. The molecule has 0 radical (unpaired) electrons. The van der Waals surface area contributed by atoms with E-state index in [0.29, 0.717) is 6.42 Å². The number of rotatable bonds is 4. The number of nitrogens with zero attached hydrogens (tertiary/aromatic N) is 3. The highest BCUT2D eigenvalue weighted by Gasteiger charge is 2.37. The first-order chi connectivity index (χ1) is 11.0. The molecule has 23 heavy (non-hydrogen) atoms. The molecule has 0 saturated heterocycles. The van der Waals surface area contributed by atoms with Gasteiger partial charge in [-0.2, -0.15) is 5.26 Å². The zero-order valence-electron chi connectivity index (χ0n) is 12.2. The molecule has 0 amide bonds. The van der Waals surface area contributed by atoms with Gasteiger partial charge in [-0.1, -0.05) is 24.3 Å². The average molecular weight is 310 g/mol. The second-order valence-corrected chi connectivity index (χ2v) is 5.47. The second kappa shape index (κ2) is 5.66. The third-order valence-corrected chi connectivity index (χ3v) is 4.10. The molecule has 2 aromatic rings. The van der Waals surface area contributed by atoms with Gasteiger partial charge in [0, 0.05) is 12.7 Å². The Hall–Kier alpha value is -2.98. The standard InChI is InChI=1S/C16H14N4O3/c17-9-12-6-8-18-15(14(12)20(22)23)19-10-16(21)7-5-11-3-1-2-4-13(11)16/h1-4,6,8,21H,5,7,10H2,(H,18,19)/t16-/m0/s1. The third kappa shape index (κ3) is 2.60. The Labute approximate surface area is 132 Å². The van der Waals surface area contributed by atoms with Crippen molar-refractivity contribution in [1.29, 1.82) is 5.26 Å². The van der Waals surface area contributed by atoms with Crippen LogP contribution in [0.4, 0.5) is 11.5 Å². The molecule has 0 spiro atoms. The van der Waals surface area contributed by atoms with Crippen LogP contribution in [-0.4, -0.2) is 21.6 Å². The highest BCUT2D eigenvalue weighted by molar-refractivity contribution is 5.64. The fourth-order valence-electron chi connectivity index (χ4n) is 2.94. The number of fused-ring (bicyclic) bond motifs is 1. The zero-order chi connectivity index (χ0) is 16.4. The molecule has 2 N–H and O–H groups in total. The van der Waals surface area contributed by atoms with Crippen LogP contribution in [0.3, 0.4) is 0 Å². The maximum absolute atomic E-state index is 11.2. The van der Waals surface area contributed by atoms with E-state index in [4.69, 9.17) is 5.26 Å². The Bertz CT molecular complexity index is 815. The summed E-state index contributed by atoms with van der Waals surface area (Å²) in [6.45, 7) is 0.0900. The SMILES string of the molecule is N#Cc1ccnc(NC[C@@]2(O)CCc3ccccc32)c1[N+](=O)[O-]. The van der Waals surface area contributed by atoms with Gasteiger partial charge in [-0.3, -0.25) is 10.1 Å². The summed E-state index contributed by atoms with van der Waals surface area (Å²) in [6, 6.07) is 10.7. The minimum absolute atomic E-state index is 0.00754. The molecular formula is C16H14N4O3. The number of anilines is 1. The topological polar surface area (TPSA) is 112 Å². The van der Waals surface area contributed by atoms with Gasteiger partial charge in [-0.25, -0.2) is 4.98 Å². The zero-order valence-corrected chi connectivity index (χ0v) is 12.2. The van der Waals surface area contributed by atoms with E-state index in [1.165, 1.54) is 12.3 Å². The predicted octanol–water partition coefficient (Wildman–Crippen LogP) is 2.11. The number of hydrogen-bond donors (Lipinski definition) is 2. The summed E-state index contributed by atoms with van der Waals surface area (Å²) in [5.41, 5.74) is 0.363. The molecule has 0 bridgehead atoms. The monoisotopic (exact) mass is 310 g/mol. The number of pyridine rings is 1. The lowest BCUT2D eigenvalue weighted by atomic mass is 9.96. The summed E-state index contributed by atoms with van der Waals surface area (Å²) in [5.74, 6) is -0.00754. The van der Waals surface area contributed by atoms with Crippen molar-refractivity contribution in [3.63, 3.8) is 0 Å². The molecule has 0 aliphatic heterocycles. The van der Waals surface area contributed by atoms with Gasteiger partial charge < -0.3 is 10.4 Å². The van der Waals surface area contributed by atoms with Gasteiger partial charge in [-0.15, -0.1) is 0 Å². The highest BCUT2D eigenvalue weighted by atomic mass is 16.6. The number of hydrogen-bond acceptors (Lipinski definition) is 6. The quantitative estimate of drug-likeness (QED) is 0.660. The molecule has 0 saturated carbocycles. The first kappa shape index (κ1) is 14.9. The van der Waals surface area contributed by atoms with Gasteiger partial charge in [0.2, 0.25) is 5.82 Å². The van der Waals surface area contributed by atoms with Crippen molar-refractivity contribution in [2.24, 2.45) is 0 Å². The van der Waals surface area contributed by atoms with Crippen LogP contribution < -0.4 is 5.32 Å². The van der Waals surface area contributed by atoms with Gasteiger partial charge in [0.25, 0.3) is 0 Å². The van der Waals surface area contributed by atoms with Gasteiger partial charge >= 0.3 is 5.69 Å². The molecule has 0 unspecified atom stereocenters. The number of aliphatic hydroxyl groups is 1. The van der Waals surface area contributed by atoms with Gasteiger partial charge in [-0.05, 0) is 30.0 Å². The number of aryl methyl sites for hydroxylation is 1. The van der Waals surface area contributed by atoms with Crippen molar-refractivity contribution >= 4 is 11.5 Å². The van der Waals surface area contributed by atoms with Gasteiger partial charge in [0.05, 0.1) is 4.92 Å². The van der Waals surface area contributed by atoms with Crippen LogP contribution in [0.25, 0.3) is 0 Å². The Balaban J connectivity index is 1.88. The largest absolute Gasteiger partial charge is 0.383 e. The van der Waals surface area contributed by atoms with E-state index >= 15 is 0 Å². The molecule has 1 atom stereocenters. The van der Waals surface area contributed by atoms with E-state index in [1.807, 2.05) is 24.3 Å². The first-order valence-electron chi connectivity index (χ1n) is 7.13. The van der Waals surface area contributed by atoms with Crippen molar-refractivity contribution in [2.45, 2.75) is 18.4 Å². The summed E-state index contributed by atoms with van der Waals surface area (Å²) >= 11 is 0. The van der Waals surface area contributed by atoms with Crippen LogP contribution in [0, 0.1) is 21.4 Å². The van der Waals surface area contributed by atoms with Crippen molar-refractivity contribution in [2.75, 3.05) is 11.9 Å². The first-order valence-corrected chi connectivity index (χ1v) is 7.13. The van der Waals surface area contributed by atoms with E-state index in [1.54, 1.807) is 6.07 Å². The van der Waals surface area contributed by atoms with E-state index in [9.17, 15) is 15.2 Å². The molecule has 3 rings (SSSR count). The molecule has 7 nitrogen and oxygen atoms in total. The fraction of sp³-hybridized carbons (Fsp3) is 0.250. The molecular weight excluding hydrogens is 296 g/mol. The minimum Gasteiger partial charge on any atom is -0.383 e. The van der Waals surface area contributed by atoms with Crippen molar-refractivity contribution in [3.05, 3.63) is 63.3 Å². The molecule has 0 fully saturated rings. The van der Waals surface area contributed by atoms with Crippen LogP contribution in [0.15, 0.2) is 36.5 Å². The molecule has 1 aliphatic rings. The van der Waals surface area contributed by atoms with Crippen LogP contribution in [0.1, 0.15) is 23.1 Å². The summed E-state index contributed by atoms with van der Waals surface area (Å²) in [7, 11) is 0. The summed E-state index contributed by atoms with van der Waals surface area (Å²) < 4.78 is 0. The number of benzene rings is 1. The van der Waals surface area contributed by atoms with Crippen LogP contribution in [0.5, 0.6) is 0 Å². The fourth-order valence-corrected chi connectivity index (χ4v) is 2.94. The van der Waals surface area contributed by atoms with E-state index < -0.39 is 10.5 Å². The lowest BCUT2D eigenvalue weighted by Gasteiger charge is -2.24. The lowest BCUT2D eigenvalue weighted by Crippen LogP contribution is -2.32. The highest BCUT2D eigenvalue weighted by Crippen LogP contribution is 2.37. The molecule has 116 valence electrons. The molecule has 1 aliphatic carbocycles. The minimum atomic E-state index is -1.10. The summed E-state index contributed by atoms with van der Waals surface area (Å²) in [4.78, 5) is 14.5. The van der Waals surface area contributed by atoms with E-state index in [2.05, 4.69) is 10.3 Å². The maximum atomic E-state index is 11.2. The Morgan fingerprint density at radius 1 is 1.43 bits per heavy atom. The van der Waals surface area contributed by atoms with Crippen molar-refractivity contribution in [3.8, 4) is 6.07 Å². The number of nitriles is 1. The maximum Gasteiger partial charge on any atom is 0.328 e. The summed E-state index contributed by atoms with van der Waals surface area (Å²) in [6.07, 6.45) is 2.62. The Morgan fingerprint density at radius 3 is 2.96 bits per heavy atom. The Kier molecular flexibility index (Phi) is 3.68. The van der Waals surface area contributed by atoms with E-state index in [-0.39, 0.29) is 23.6 Å². The van der Waals surface area contributed by atoms with Gasteiger partial charge in [0.1, 0.15) is 17.2 Å². The molecule has 7 heteroatoms. The molecule has 1 aromatic heterocycles. The molecule has 1 heterocycles. The van der Waals surface area contributed by atoms with Crippen LogP contribution in [0.2, 0.25) is 0 Å². The van der Waals surface area contributed by atoms with E-state index in [0.717, 1.165) is 17.5 Å². The predicted molar refractivity (Wildman–Crippen MR) is 82.8 cm³/mol.